The van der Waals surface area contributed by atoms with E-state index in [1.54, 1.807) is 0 Å². The van der Waals surface area contributed by atoms with Gasteiger partial charge in [-0.3, -0.25) is 4.79 Å². The second kappa shape index (κ2) is 31.2. The molecule has 6 rings (SSSR count). The zero-order chi connectivity index (χ0) is 58.9. The summed E-state index contributed by atoms with van der Waals surface area (Å²) in [4.78, 5) is 11.4. The van der Waals surface area contributed by atoms with Gasteiger partial charge in [-0.05, 0) is 47.0 Å². The van der Waals surface area contributed by atoms with Crippen molar-refractivity contribution >= 4 is 5.97 Å². The van der Waals surface area contributed by atoms with Gasteiger partial charge >= 0.3 is 5.97 Å². The van der Waals surface area contributed by atoms with Crippen molar-refractivity contribution in [1.82, 2.24) is 0 Å². The van der Waals surface area contributed by atoms with E-state index in [0.717, 1.165) is 44.9 Å². The molecule has 6 saturated heterocycles. The predicted octanol–water partition coefficient (Wildman–Crippen LogP) is -5.11. The maximum Gasteiger partial charge on any atom is 0.305 e. The van der Waals surface area contributed by atoms with E-state index in [2.05, 4.69) is 0 Å². The Morgan fingerprint density at radius 2 is 0.762 bits per heavy atom. The van der Waals surface area contributed by atoms with Crippen LogP contribution in [0.1, 0.15) is 105 Å². The molecule has 0 aromatic carbocycles. The molecule has 29 nitrogen and oxygen atoms in total. The maximum absolute atomic E-state index is 12.4. The molecular weight excluding hydrogens is 1080 g/mol. The SMILES string of the molecule is CCC[C@@H](CCCCCCCCCC(=O)OC)O[C@@H]1O[C@H](C)[C@@H](O)[C@H](O)[C@H]1O[C@@H]1O[C@H](CO)[C@@H](O)[C@H](O)[C@H]1O[C@@H]1O[C@@H](C)[C@H](O[C@@H]2O[C@H](C)[C@H](O)[C@H](O)[C@H]2O)[C@@H](O[C@@H]2O[C@H](CO)[C@@H](O)[C@H](O)[C@H]2O[C@@H]2O[C@H](C)[C@@H](O)[C@H](O)[C@H]2O)[C@H]1O. The highest BCUT2D eigenvalue weighted by atomic mass is 16.8. The fourth-order valence-electron chi connectivity index (χ4n) is 10.8. The molecule has 0 unspecified atom stereocenters. The van der Waals surface area contributed by atoms with Crippen molar-refractivity contribution in [3.05, 3.63) is 0 Å². The fraction of sp³-hybridized carbons (Fsp3) is 0.980. The monoisotopic (exact) mass is 1170 g/mol. The lowest BCUT2D eigenvalue weighted by Gasteiger charge is -2.51. The minimum absolute atomic E-state index is 0.237. The van der Waals surface area contributed by atoms with Gasteiger partial charge in [0.15, 0.2) is 37.7 Å². The highest BCUT2D eigenvalue weighted by molar-refractivity contribution is 5.68. The first-order chi connectivity index (χ1) is 38.0. The van der Waals surface area contributed by atoms with Crippen LogP contribution >= 0.6 is 0 Å². The summed E-state index contributed by atoms with van der Waals surface area (Å²) in [7, 11) is 1.36. The topological polar surface area (TPSA) is 441 Å². The zero-order valence-electron chi connectivity index (χ0n) is 46.0. The summed E-state index contributed by atoms with van der Waals surface area (Å²) < 4.78 is 77.5. The molecule has 468 valence electrons. The van der Waals surface area contributed by atoms with Crippen molar-refractivity contribution in [3.8, 4) is 0 Å². The van der Waals surface area contributed by atoms with Crippen LogP contribution < -0.4 is 0 Å². The third kappa shape index (κ3) is 16.3. The fourth-order valence-corrected chi connectivity index (χ4v) is 10.8. The molecule has 6 aliphatic rings. The molecule has 29 heteroatoms. The third-order valence-electron chi connectivity index (χ3n) is 15.8. The Balaban J connectivity index is 1.26. The van der Waals surface area contributed by atoms with Gasteiger partial charge in [0.1, 0.15) is 122 Å². The molecule has 0 amide bonds. The average Bonchev–Trinajstić information content (AvgIpc) is 3.43. The van der Waals surface area contributed by atoms with Crippen molar-refractivity contribution in [2.45, 2.75) is 296 Å². The number of aliphatic hydroxyl groups is 15. The standard InChI is InChI=1S/C51H90O29/c1-7-15-24(16-13-11-9-8-10-12-14-17-27(54)68-6)73-49-43(35(62)30(57)22(4)71-49)80-51-45(37(64)32(59)26(19-53)75-51)79-48-40(67)42(41(23(5)72-48)76-46-38(65)33(60)28(55)20(2)69-46)77-50-44(36(63)31(58)25(18-52)74-50)78-47-39(66)34(61)29(56)21(3)70-47/h20-26,28-53,55-67H,7-19H2,1-6H3/t20-,21-,22-,23+,24+,25-,26-,28+,29-,30-,31-,32-,33+,34+,35+,36+,37+,38-,39-,40-,41+,42+,43-,44-,45-,46+,47+,48+,49+,50+,51+/m1/s1. The smallest absolute Gasteiger partial charge is 0.305 e. The van der Waals surface area contributed by atoms with Crippen LogP contribution in [-0.2, 0) is 66.4 Å². The van der Waals surface area contributed by atoms with Crippen molar-refractivity contribution < 1.29 is 143 Å². The second-order valence-corrected chi connectivity index (χ2v) is 21.8. The number of aliphatic hydroxyl groups excluding tert-OH is 15. The Hall–Kier alpha value is -1.61. The molecule has 0 bridgehead atoms. The highest BCUT2D eigenvalue weighted by Crippen LogP contribution is 2.39. The number of hydrogen-bond donors (Lipinski definition) is 15. The molecule has 0 saturated carbocycles. The van der Waals surface area contributed by atoms with E-state index in [9.17, 15) is 81.4 Å². The number of unbranched alkanes of at least 4 members (excludes halogenated alkanes) is 6. The maximum atomic E-state index is 12.4. The molecule has 80 heavy (non-hydrogen) atoms. The van der Waals surface area contributed by atoms with Gasteiger partial charge in [0.25, 0.3) is 0 Å². The van der Waals surface area contributed by atoms with E-state index in [1.807, 2.05) is 6.92 Å². The number of carbonyl (C=O) groups is 1. The molecule has 15 N–H and O–H groups in total. The highest BCUT2D eigenvalue weighted by Gasteiger charge is 2.58. The number of ether oxygens (including phenoxy) is 13. The number of esters is 1. The number of carbonyl (C=O) groups excluding carboxylic acids is 1. The molecular formula is C51H90O29. The van der Waals surface area contributed by atoms with Gasteiger partial charge in [0.2, 0.25) is 0 Å². The van der Waals surface area contributed by atoms with Gasteiger partial charge in [0.05, 0.1) is 50.8 Å². The lowest BCUT2D eigenvalue weighted by Crippen LogP contribution is -2.69. The van der Waals surface area contributed by atoms with Crippen LogP contribution in [0.5, 0.6) is 0 Å². The summed E-state index contributed by atoms with van der Waals surface area (Å²) >= 11 is 0. The molecule has 0 radical (unpaired) electrons. The molecule has 0 spiro atoms. The Bertz CT molecular complexity index is 1810. The van der Waals surface area contributed by atoms with Gasteiger partial charge < -0.3 is 138 Å². The summed E-state index contributed by atoms with van der Waals surface area (Å²) in [6.45, 7) is 5.74. The first-order valence-electron chi connectivity index (χ1n) is 28.0. The molecule has 6 heterocycles. The minimum atomic E-state index is -2.19. The number of rotatable bonds is 26. The summed E-state index contributed by atoms with van der Waals surface area (Å²) in [5.41, 5.74) is 0. The van der Waals surface area contributed by atoms with Crippen LogP contribution in [0.15, 0.2) is 0 Å². The van der Waals surface area contributed by atoms with Crippen LogP contribution in [-0.4, -0.2) is 293 Å². The van der Waals surface area contributed by atoms with Gasteiger partial charge in [-0.25, -0.2) is 0 Å². The first kappa shape index (κ1) is 67.5. The lowest BCUT2D eigenvalue weighted by molar-refractivity contribution is -0.414. The largest absolute Gasteiger partial charge is 0.469 e. The molecule has 0 aromatic heterocycles. The van der Waals surface area contributed by atoms with Crippen LogP contribution in [0, 0.1) is 0 Å². The summed E-state index contributed by atoms with van der Waals surface area (Å²) in [6, 6.07) is 0. The molecule has 0 aromatic rings. The third-order valence-corrected chi connectivity index (χ3v) is 15.8. The Morgan fingerprint density at radius 1 is 0.388 bits per heavy atom. The van der Waals surface area contributed by atoms with Gasteiger partial charge in [-0.2, -0.15) is 0 Å². The summed E-state index contributed by atoms with van der Waals surface area (Å²) in [5.74, 6) is -0.237. The van der Waals surface area contributed by atoms with Crippen molar-refractivity contribution in [2.24, 2.45) is 0 Å². The average molecular weight is 1170 g/mol. The Kier molecular flexibility index (Phi) is 26.3. The van der Waals surface area contributed by atoms with E-state index in [1.165, 1.54) is 34.8 Å². The van der Waals surface area contributed by atoms with Crippen LogP contribution in [0.3, 0.4) is 0 Å². The van der Waals surface area contributed by atoms with E-state index in [4.69, 9.17) is 61.6 Å². The molecule has 0 aliphatic carbocycles. The number of hydrogen-bond acceptors (Lipinski definition) is 29. The zero-order valence-corrected chi connectivity index (χ0v) is 46.0. The minimum Gasteiger partial charge on any atom is -0.469 e. The van der Waals surface area contributed by atoms with Crippen LogP contribution in [0.4, 0.5) is 0 Å². The quantitative estimate of drug-likeness (QED) is 0.0285. The van der Waals surface area contributed by atoms with E-state index in [0.29, 0.717) is 25.7 Å². The summed E-state index contributed by atoms with van der Waals surface area (Å²) in [5, 5.41) is 165. The van der Waals surface area contributed by atoms with E-state index >= 15 is 0 Å². The lowest BCUT2D eigenvalue weighted by atomic mass is 9.95. The predicted molar refractivity (Wildman–Crippen MR) is 265 cm³/mol. The summed E-state index contributed by atoms with van der Waals surface area (Å²) in [6.07, 6.45) is -44.0. The molecule has 31 atom stereocenters. The molecule has 6 fully saturated rings. The second-order valence-electron chi connectivity index (χ2n) is 21.8. The Morgan fingerprint density at radius 3 is 1.24 bits per heavy atom. The Labute approximate surface area is 464 Å². The van der Waals surface area contributed by atoms with Gasteiger partial charge in [0, 0.05) is 6.42 Å². The van der Waals surface area contributed by atoms with Crippen LogP contribution in [0.2, 0.25) is 0 Å². The van der Waals surface area contributed by atoms with Gasteiger partial charge in [-0.1, -0.05) is 51.9 Å². The van der Waals surface area contributed by atoms with Crippen molar-refractivity contribution in [3.63, 3.8) is 0 Å². The number of methoxy groups -OCH3 is 1. The van der Waals surface area contributed by atoms with Crippen LogP contribution in [0.25, 0.3) is 0 Å². The van der Waals surface area contributed by atoms with E-state index < -0.39 is 204 Å². The van der Waals surface area contributed by atoms with Crippen molar-refractivity contribution in [2.75, 3.05) is 20.3 Å². The first-order valence-corrected chi connectivity index (χ1v) is 28.0. The normalized spacial score (nSPS) is 47.0. The van der Waals surface area contributed by atoms with E-state index in [-0.39, 0.29) is 5.97 Å². The van der Waals surface area contributed by atoms with Gasteiger partial charge in [-0.15, -0.1) is 0 Å². The molecule has 6 aliphatic heterocycles. The van der Waals surface area contributed by atoms with Crippen molar-refractivity contribution in [1.29, 1.82) is 0 Å².